The molecule has 16 heavy (non-hydrogen) atoms. The minimum absolute atomic E-state index is 0.190. The van der Waals surface area contributed by atoms with Crippen molar-refractivity contribution in [2.45, 2.75) is 32.5 Å². The van der Waals surface area contributed by atoms with E-state index in [9.17, 15) is 9.50 Å². The average Bonchev–Trinajstić information content (AvgIpc) is 2.22. The molecule has 0 bridgehead atoms. The van der Waals surface area contributed by atoms with Gasteiger partial charge in [0.2, 0.25) is 0 Å². The normalized spacial score (nSPS) is 15.1. The van der Waals surface area contributed by atoms with E-state index in [2.05, 4.69) is 0 Å². The van der Waals surface area contributed by atoms with Crippen LogP contribution in [0.15, 0.2) is 24.3 Å². The van der Waals surface area contributed by atoms with Crippen molar-refractivity contribution in [1.82, 2.24) is 0 Å². The zero-order chi connectivity index (χ0) is 12.1. The minimum atomic E-state index is -0.560. The minimum Gasteiger partial charge on any atom is -0.390 e. The van der Waals surface area contributed by atoms with Crippen LogP contribution in [0.3, 0.4) is 0 Å². The highest BCUT2D eigenvalue weighted by Crippen LogP contribution is 2.15. The Morgan fingerprint density at radius 1 is 1.25 bits per heavy atom. The second-order valence-corrected chi connectivity index (χ2v) is 4.34. The van der Waals surface area contributed by atoms with Crippen molar-refractivity contribution >= 4 is 0 Å². The molecule has 0 saturated heterocycles. The number of hydrogen-bond acceptors (Lipinski definition) is 2. The molecule has 1 aromatic carbocycles. The molecule has 0 aliphatic rings. The lowest BCUT2D eigenvalue weighted by molar-refractivity contribution is -0.0368. The summed E-state index contributed by atoms with van der Waals surface area (Å²) in [7, 11) is 1.60. The summed E-state index contributed by atoms with van der Waals surface area (Å²) >= 11 is 0. The van der Waals surface area contributed by atoms with Crippen LogP contribution in [0.1, 0.15) is 19.4 Å². The van der Waals surface area contributed by atoms with Crippen LogP contribution >= 0.6 is 0 Å². The third-order valence-electron chi connectivity index (χ3n) is 2.67. The van der Waals surface area contributed by atoms with Crippen LogP contribution in [-0.4, -0.2) is 24.4 Å². The van der Waals surface area contributed by atoms with E-state index in [4.69, 9.17) is 4.74 Å². The SMILES string of the molecule is COC(C(C)C)C(O)Cc1ccc(F)cc1. The molecule has 0 aliphatic heterocycles. The molecule has 2 unspecified atom stereocenters. The van der Waals surface area contributed by atoms with E-state index in [0.717, 1.165) is 5.56 Å². The Labute approximate surface area is 96.1 Å². The molecule has 0 spiro atoms. The van der Waals surface area contributed by atoms with Crippen LogP contribution in [0.5, 0.6) is 0 Å². The summed E-state index contributed by atoms with van der Waals surface area (Å²) in [5.74, 6) is -0.00848. The zero-order valence-electron chi connectivity index (χ0n) is 9.98. The molecule has 1 aromatic rings. The first-order valence-electron chi connectivity index (χ1n) is 5.50. The summed E-state index contributed by atoms with van der Waals surface area (Å²) in [6.45, 7) is 4.00. The molecule has 0 fully saturated rings. The van der Waals surface area contributed by atoms with Crippen molar-refractivity contribution in [2.24, 2.45) is 5.92 Å². The van der Waals surface area contributed by atoms with Crippen molar-refractivity contribution in [2.75, 3.05) is 7.11 Å². The Morgan fingerprint density at radius 3 is 2.25 bits per heavy atom. The highest BCUT2D eigenvalue weighted by molar-refractivity contribution is 5.17. The number of halogens is 1. The third kappa shape index (κ3) is 3.58. The Morgan fingerprint density at radius 2 is 1.81 bits per heavy atom. The number of benzene rings is 1. The lowest BCUT2D eigenvalue weighted by Crippen LogP contribution is -2.34. The van der Waals surface area contributed by atoms with E-state index in [-0.39, 0.29) is 17.8 Å². The molecular weight excluding hydrogens is 207 g/mol. The number of ether oxygens (including phenoxy) is 1. The van der Waals surface area contributed by atoms with Gasteiger partial charge in [-0.1, -0.05) is 26.0 Å². The van der Waals surface area contributed by atoms with Gasteiger partial charge in [-0.05, 0) is 23.6 Å². The monoisotopic (exact) mass is 226 g/mol. The van der Waals surface area contributed by atoms with E-state index in [1.165, 1.54) is 12.1 Å². The van der Waals surface area contributed by atoms with Gasteiger partial charge >= 0.3 is 0 Å². The Kier molecular flexibility index (Phi) is 4.90. The van der Waals surface area contributed by atoms with Crippen molar-refractivity contribution < 1.29 is 14.2 Å². The van der Waals surface area contributed by atoms with Gasteiger partial charge in [-0.2, -0.15) is 0 Å². The molecule has 1 rings (SSSR count). The van der Waals surface area contributed by atoms with Gasteiger partial charge in [0.1, 0.15) is 5.82 Å². The number of aliphatic hydroxyl groups excluding tert-OH is 1. The standard InChI is InChI=1S/C13H19FO2/c1-9(2)13(16-3)12(15)8-10-4-6-11(14)7-5-10/h4-7,9,12-13,15H,8H2,1-3H3. The molecule has 3 heteroatoms. The van der Waals surface area contributed by atoms with Crippen LogP contribution in [0.2, 0.25) is 0 Å². The molecule has 0 aliphatic carbocycles. The lowest BCUT2D eigenvalue weighted by Gasteiger charge is -2.25. The molecule has 0 aromatic heterocycles. The molecule has 0 heterocycles. The Balaban J connectivity index is 2.62. The van der Waals surface area contributed by atoms with Gasteiger partial charge in [0.05, 0.1) is 12.2 Å². The first-order valence-corrected chi connectivity index (χ1v) is 5.50. The van der Waals surface area contributed by atoms with Crippen LogP contribution in [0.4, 0.5) is 4.39 Å². The maximum atomic E-state index is 12.7. The number of hydrogen-bond donors (Lipinski definition) is 1. The van der Waals surface area contributed by atoms with Crippen LogP contribution < -0.4 is 0 Å². The van der Waals surface area contributed by atoms with Gasteiger partial charge < -0.3 is 9.84 Å². The number of methoxy groups -OCH3 is 1. The maximum Gasteiger partial charge on any atom is 0.123 e. The molecule has 0 radical (unpaired) electrons. The summed E-state index contributed by atoms with van der Waals surface area (Å²) in [5, 5.41) is 9.98. The lowest BCUT2D eigenvalue weighted by atomic mass is 9.96. The quantitative estimate of drug-likeness (QED) is 0.835. The first-order chi connectivity index (χ1) is 7.54. The van der Waals surface area contributed by atoms with E-state index in [1.807, 2.05) is 13.8 Å². The zero-order valence-corrected chi connectivity index (χ0v) is 9.98. The van der Waals surface area contributed by atoms with E-state index < -0.39 is 6.10 Å². The predicted molar refractivity (Wildman–Crippen MR) is 61.7 cm³/mol. The fourth-order valence-electron chi connectivity index (χ4n) is 1.85. The molecule has 0 amide bonds. The summed E-state index contributed by atoms with van der Waals surface area (Å²) < 4.78 is 17.9. The van der Waals surface area contributed by atoms with E-state index >= 15 is 0 Å². The second kappa shape index (κ2) is 5.97. The Hall–Kier alpha value is -0.930. The highest BCUT2D eigenvalue weighted by atomic mass is 19.1. The van der Waals surface area contributed by atoms with Crippen molar-refractivity contribution in [3.63, 3.8) is 0 Å². The van der Waals surface area contributed by atoms with Gasteiger partial charge in [-0.25, -0.2) is 4.39 Å². The van der Waals surface area contributed by atoms with Gasteiger partial charge in [0, 0.05) is 13.5 Å². The molecule has 1 N–H and O–H groups in total. The predicted octanol–water partition coefficient (Wildman–Crippen LogP) is 2.40. The third-order valence-corrected chi connectivity index (χ3v) is 2.67. The smallest absolute Gasteiger partial charge is 0.123 e. The van der Waals surface area contributed by atoms with Gasteiger partial charge in [-0.3, -0.25) is 0 Å². The fraction of sp³-hybridized carbons (Fsp3) is 0.538. The van der Waals surface area contributed by atoms with Crippen LogP contribution in [0.25, 0.3) is 0 Å². The molecular formula is C13H19FO2. The molecule has 2 atom stereocenters. The summed E-state index contributed by atoms with van der Waals surface area (Å²) in [6, 6.07) is 6.18. The van der Waals surface area contributed by atoms with Crippen molar-refractivity contribution in [3.8, 4) is 0 Å². The first kappa shape index (κ1) is 13.1. The average molecular weight is 226 g/mol. The highest BCUT2D eigenvalue weighted by Gasteiger charge is 2.22. The summed E-state index contributed by atoms with van der Waals surface area (Å²) in [6.07, 6.45) is -0.266. The Bertz CT molecular complexity index is 308. The van der Waals surface area contributed by atoms with Crippen LogP contribution in [0, 0.1) is 11.7 Å². The molecule has 2 nitrogen and oxygen atoms in total. The topological polar surface area (TPSA) is 29.5 Å². The summed E-state index contributed by atoms with van der Waals surface area (Å²) in [4.78, 5) is 0. The summed E-state index contributed by atoms with van der Waals surface area (Å²) in [5.41, 5.74) is 0.914. The van der Waals surface area contributed by atoms with Gasteiger partial charge in [0.15, 0.2) is 0 Å². The van der Waals surface area contributed by atoms with Gasteiger partial charge in [-0.15, -0.1) is 0 Å². The van der Waals surface area contributed by atoms with Crippen LogP contribution in [-0.2, 0) is 11.2 Å². The van der Waals surface area contributed by atoms with Crippen molar-refractivity contribution in [3.05, 3.63) is 35.6 Å². The molecule has 90 valence electrons. The maximum absolute atomic E-state index is 12.7. The molecule has 0 saturated carbocycles. The fourth-order valence-corrected chi connectivity index (χ4v) is 1.85. The van der Waals surface area contributed by atoms with E-state index in [0.29, 0.717) is 6.42 Å². The largest absolute Gasteiger partial charge is 0.390 e. The van der Waals surface area contributed by atoms with E-state index in [1.54, 1.807) is 19.2 Å². The van der Waals surface area contributed by atoms with Gasteiger partial charge in [0.25, 0.3) is 0 Å². The number of aliphatic hydroxyl groups is 1. The number of rotatable bonds is 5. The second-order valence-electron chi connectivity index (χ2n) is 4.34. The van der Waals surface area contributed by atoms with Crippen molar-refractivity contribution in [1.29, 1.82) is 0 Å².